The molecule has 1 aliphatic rings. The van der Waals surface area contributed by atoms with Crippen molar-refractivity contribution in [3.05, 3.63) is 40.1 Å². The first kappa shape index (κ1) is 20.3. The van der Waals surface area contributed by atoms with Crippen LogP contribution in [0.3, 0.4) is 0 Å². The van der Waals surface area contributed by atoms with Crippen LogP contribution in [0.4, 0.5) is 19.0 Å². The number of piperidine rings is 1. The number of aromatic hydroxyl groups is 1. The predicted octanol–water partition coefficient (Wildman–Crippen LogP) is 4.00. The lowest BCUT2D eigenvalue weighted by Gasteiger charge is -2.45. The number of anilines is 1. The van der Waals surface area contributed by atoms with E-state index >= 15 is 0 Å². The molecule has 0 bridgehead atoms. The molecule has 6 nitrogen and oxygen atoms in total. The molecular weight excluding hydrogens is 373 g/mol. The molecule has 2 aromatic rings. The zero-order valence-corrected chi connectivity index (χ0v) is 16.0. The van der Waals surface area contributed by atoms with Crippen LogP contribution in [0.15, 0.2) is 18.2 Å². The summed E-state index contributed by atoms with van der Waals surface area (Å²) in [5, 5.41) is 33.8. The maximum atomic E-state index is 12.9. The largest absolute Gasteiger partial charge is 0.633 e. The fourth-order valence-corrected chi connectivity index (χ4v) is 3.65. The first-order valence-electron chi connectivity index (χ1n) is 9.04. The van der Waals surface area contributed by atoms with E-state index in [2.05, 4.69) is 15.5 Å². The highest BCUT2D eigenvalue weighted by molar-refractivity contribution is 5.72. The lowest BCUT2D eigenvalue weighted by molar-refractivity contribution is -0.866. The number of benzene rings is 1. The average Bonchev–Trinajstić information content (AvgIpc) is 2.55. The monoisotopic (exact) mass is 396 g/mol. The Morgan fingerprint density at radius 2 is 1.89 bits per heavy atom. The number of nitrogens with one attached hydrogen (secondary N) is 1. The van der Waals surface area contributed by atoms with Gasteiger partial charge in [0.15, 0.2) is 5.82 Å². The van der Waals surface area contributed by atoms with Gasteiger partial charge in [0.05, 0.1) is 37.4 Å². The summed E-state index contributed by atoms with van der Waals surface area (Å²) in [5.41, 5.74) is 0.588. The van der Waals surface area contributed by atoms with E-state index in [1.54, 1.807) is 20.0 Å². The molecule has 2 heterocycles. The Bertz CT molecular complexity index is 861. The van der Waals surface area contributed by atoms with Crippen LogP contribution in [0, 0.1) is 19.1 Å². The highest BCUT2D eigenvalue weighted by atomic mass is 19.4. The Labute approximate surface area is 161 Å². The van der Waals surface area contributed by atoms with Gasteiger partial charge in [-0.15, -0.1) is 10.2 Å². The number of phenolic OH excluding ortho intramolecular Hbond substituents is 1. The lowest BCUT2D eigenvalue weighted by Crippen LogP contribution is -2.50. The molecule has 9 heteroatoms. The quantitative estimate of drug-likeness (QED) is 0.605. The third kappa shape index (κ3) is 4.36. The molecule has 1 aromatic carbocycles. The van der Waals surface area contributed by atoms with Crippen LogP contribution in [0.25, 0.3) is 11.3 Å². The third-order valence-electron chi connectivity index (χ3n) is 5.01. The van der Waals surface area contributed by atoms with Crippen molar-refractivity contribution in [1.82, 2.24) is 10.2 Å². The van der Waals surface area contributed by atoms with Gasteiger partial charge in [-0.25, -0.2) is 0 Å². The number of aromatic nitrogens is 2. The second kappa shape index (κ2) is 7.21. The lowest BCUT2D eigenvalue weighted by atomic mass is 9.99. The number of halogens is 3. The average molecular weight is 396 g/mol. The number of alkyl halides is 3. The topological polar surface area (TPSA) is 81.1 Å². The molecule has 2 atom stereocenters. The minimum Gasteiger partial charge on any atom is -0.633 e. The van der Waals surface area contributed by atoms with Gasteiger partial charge < -0.3 is 20.3 Å². The Morgan fingerprint density at radius 3 is 2.46 bits per heavy atom. The summed E-state index contributed by atoms with van der Waals surface area (Å²) < 4.78 is 38.4. The summed E-state index contributed by atoms with van der Waals surface area (Å²) in [6.45, 7) is 4.31. The van der Waals surface area contributed by atoms with Crippen LogP contribution in [-0.2, 0) is 6.18 Å². The fraction of sp³-hybridized carbons (Fsp3) is 0.474. The van der Waals surface area contributed by atoms with E-state index in [1.165, 1.54) is 6.92 Å². The molecule has 0 saturated carbocycles. The van der Waals surface area contributed by atoms with Gasteiger partial charge in [0.2, 0.25) is 0 Å². The molecule has 0 aliphatic carbocycles. The second-order valence-electron chi connectivity index (χ2n) is 7.63. The van der Waals surface area contributed by atoms with Crippen LogP contribution >= 0.6 is 0 Å². The molecular formula is C19H23F3N4O2. The van der Waals surface area contributed by atoms with Crippen molar-refractivity contribution in [2.75, 3.05) is 25.5 Å². The zero-order chi connectivity index (χ0) is 20.7. The van der Waals surface area contributed by atoms with Gasteiger partial charge in [0.1, 0.15) is 5.75 Å². The van der Waals surface area contributed by atoms with Crippen LogP contribution < -0.4 is 5.32 Å². The van der Waals surface area contributed by atoms with E-state index in [0.717, 1.165) is 24.5 Å². The molecule has 1 saturated heterocycles. The highest BCUT2D eigenvalue weighted by Gasteiger charge is 2.32. The summed E-state index contributed by atoms with van der Waals surface area (Å²) in [4.78, 5) is 0. The van der Waals surface area contributed by atoms with E-state index in [1.807, 2.05) is 0 Å². The van der Waals surface area contributed by atoms with Crippen molar-refractivity contribution in [2.24, 2.45) is 0 Å². The van der Waals surface area contributed by atoms with Crippen molar-refractivity contribution < 1.29 is 22.9 Å². The Morgan fingerprint density at radius 1 is 1.18 bits per heavy atom. The molecule has 1 fully saturated rings. The maximum absolute atomic E-state index is 12.9. The molecule has 0 amide bonds. The standard InChI is InChI=1S/C19H23F3N4O2/c1-11-7-13(19(20,21)22)9-16(27)17(11)15-8-12(2)18(25-24-15)23-14-5-4-6-26(3,28)10-14/h7-9,14,27H,4-6,10H2,1-3H3,(H,23,25)/t14-,26?/m0/s1. The Kier molecular flexibility index (Phi) is 5.24. The van der Waals surface area contributed by atoms with Gasteiger partial charge in [-0.1, -0.05) is 0 Å². The van der Waals surface area contributed by atoms with E-state index in [-0.39, 0.29) is 21.8 Å². The maximum Gasteiger partial charge on any atom is 0.416 e. The summed E-state index contributed by atoms with van der Waals surface area (Å²) in [6.07, 6.45) is -2.86. The van der Waals surface area contributed by atoms with Crippen LogP contribution in [0.1, 0.15) is 29.5 Å². The molecule has 1 aromatic heterocycles. The van der Waals surface area contributed by atoms with E-state index in [9.17, 15) is 23.5 Å². The summed E-state index contributed by atoms with van der Waals surface area (Å²) >= 11 is 0. The molecule has 3 rings (SSSR count). The molecule has 2 N–H and O–H groups in total. The summed E-state index contributed by atoms with van der Waals surface area (Å²) in [6, 6.07) is 3.32. The van der Waals surface area contributed by atoms with Crippen molar-refractivity contribution in [3.8, 4) is 17.0 Å². The number of nitrogens with zero attached hydrogens (tertiary/aromatic N) is 3. The minimum atomic E-state index is -4.54. The fourth-order valence-electron chi connectivity index (χ4n) is 3.65. The molecule has 1 aliphatic heterocycles. The number of rotatable bonds is 3. The molecule has 0 spiro atoms. The number of likely N-dealkylation sites (tertiary alicyclic amines) is 1. The van der Waals surface area contributed by atoms with Gasteiger partial charge >= 0.3 is 6.18 Å². The molecule has 1 unspecified atom stereocenters. The molecule has 152 valence electrons. The number of likely N-dealkylation sites (N-methyl/N-ethyl adjacent to an activating group) is 1. The first-order chi connectivity index (χ1) is 13.0. The van der Waals surface area contributed by atoms with Gasteiger partial charge in [-0.3, -0.25) is 0 Å². The summed E-state index contributed by atoms with van der Waals surface area (Å²) in [5.74, 6) is 0.0353. The summed E-state index contributed by atoms with van der Waals surface area (Å²) in [7, 11) is 1.64. The highest BCUT2D eigenvalue weighted by Crippen LogP contribution is 2.38. The van der Waals surface area contributed by atoms with Crippen molar-refractivity contribution in [2.45, 2.75) is 38.9 Å². The van der Waals surface area contributed by atoms with Crippen LogP contribution in [-0.4, -0.2) is 46.1 Å². The first-order valence-corrected chi connectivity index (χ1v) is 9.04. The molecule has 28 heavy (non-hydrogen) atoms. The van der Waals surface area contributed by atoms with E-state index < -0.39 is 17.5 Å². The zero-order valence-electron chi connectivity index (χ0n) is 16.0. The van der Waals surface area contributed by atoms with Crippen LogP contribution in [0.5, 0.6) is 5.75 Å². The van der Waals surface area contributed by atoms with Gasteiger partial charge in [0.25, 0.3) is 0 Å². The predicted molar refractivity (Wildman–Crippen MR) is 99.5 cm³/mol. The Balaban J connectivity index is 1.87. The van der Waals surface area contributed by atoms with E-state index in [4.69, 9.17) is 0 Å². The van der Waals surface area contributed by atoms with Gasteiger partial charge in [-0.05, 0) is 56.0 Å². The number of aryl methyl sites for hydroxylation is 2. The number of phenols is 1. The SMILES string of the molecule is Cc1cc(-c2c(C)cc(C(F)(F)F)cc2O)nnc1N[C@H]1CCC[N+](C)([O-])C1. The number of hydroxylamine groups is 3. The number of hydrogen-bond donors (Lipinski definition) is 2. The van der Waals surface area contributed by atoms with Gasteiger partial charge in [-0.2, -0.15) is 13.2 Å². The Hall–Kier alpha value is -2.39. The van der Waals surface area contributed by atoms with E-state index in [0.29, 0.717) is 30.7 Å². The van der Waals surface area contributed by atoms with Crippen molar-refractivity contribution in [1.29, 1.82) is 0 Å². The van der Waals surface area contributed by atoms with Crippen molar-refractivity contribution >= 4 is 5.82 Å². The van der Waals surface area contributed by atoms with Crippen molar-refractivity contribution in [3.63, 3.8) is 0 Å². The van der Waals surface area contributed by atoms with Crippen LogP contribution in [0.2, 0.25) is 0 Å². The normalized spacial score (nSPS) is 22.9. The minimum absolute atomic E-state index is 0.0173. The number of quaternary nitrogens is 1. The van der Waals surface area contributed by atoms with Gasteiger partial charge in [0, 0.05) is 5.56 Å². The second-order valence-corrected chi connectivity index (χ2v) is 7.63. The smallest absolute Gasteiger partial charge is 0.416 e. The third-order valence-corrected chi connectivity index (χ3v) is 5.01. The number of hydrogen-bond acceptors (Lipinski definition) is 5. The molecule has 0 radical (unpaired) electrons.